The fourth-order valence-corrected chi connectivity index (χ4v) is 5.00. The molecule has 0 spiro atoms. The molecule has 1 aromatic carbocycles. The highest BCUT2D eigenvalue weighted by Crippen LogP contribution is 2.44. The second kappa shape index (κ2) is 8.34. The van der Waals surface area contributed by atoms with E-state index >= 15 is 0 Å². The molecule has 0 saturated carbocycles. The van der Waals surface area contributed by atoms with Crippen LogP contribution in [-0.2, 0) is 6.42 Å². The summed E-state index contributed by atoms with van der Waals surface area (Å²) in [6, 6.07) is 5.55. The summed E-state index contributed by atoms with van der Waals surface area (Å²) in [5, 5.41) is 0. The molecule has 0 radical (unpaired) electrons. The van der Waals surface area contributed by atoms with Crippen molar-refractivity contribution in [2.24, 2.45) is 5.92 Å². The minimum absolute atomic E-state index is 0.149. The topological polar surface area (TPSA) is 12.9 Å². The van der Waals surface area contributed by atoms with Crippen LogP contribution in [0.1, 0.15) is 81.0 Å². The summed E-state index contributed by atoms with van der Waals surface area (Å²) in [4.78, 5) is 5.30. The van der Waals surface area contributed by atoms with Crippen LogP contribution in [0.2, 0.25) is 0 Å². The zero-order valence-corrected chi connectivity index (χ0v) is 18.8. The van der Waals surface area contributed by atoms with Crippen LogP contribution in [0.15, 0.2) is 42.0 Å². The van der Waals surface area contributed by atoms with E-state index in [0.717, 1.165) is 42.6 Å². The van der Waals surface area contributed by atoms with Crippen LogP contribution < -0.4 is 0 Å². The lowest BCUT2D eigenvalue weighted by Crippen LogP contribution is -2.10. The second-order valence-corrected chi connectivity index (χ2v) is 9.06. The summed E-state index contributed by atoms with van der Waals surface area (Å²) >= 11 is 0. The predicted molar refractivity (Wildman–Crippen MR) is 126 cm³/mol. The molecule has 30 heavy (non-hydrogen) atoms. The van der Waals surface area contributed by atoms with Gasteiger partial charge in [0.1, 0.15) is 5.82 Å². The Balaban J connectivity index is 2.10. The number of hydrogen-bond acceptors (Lipinski definition) is 1. The van der Waals surface area contributed by atoms with Gasteiger partial charge in [0.15, 0.2) is 0 Å². The van der Waals surface area contributed by atoms with Crippen molar-refractivity contribution in [1.82, 2.24) is 4.98 Å². The molecule has 1 unspecified atom stereocenters. The van der Waals surface area contributed by atoms with E-state index in [4.69, 9.17) is 4.98 Å². The SMILES string of the molecule is C/C=C/c1c(C(C)C)nc2c(c1-c1ccc(F)c(C)c1)CCCC1=C2C=CCC1C. The standard InChI is InChI=1S/C28H32FN/c1-6-9-23-26(20-14-15-25(29)19(5)16-20)24-13-8-11-21-18(4)10-7-12-22(21)28(24)30-27(23)17(2)3/h6-7,9,12,14-18H,8,10-11,13H2,1-5H3/b9-6+. The highest BCUT2D eigenvalue weighted by molar-refractivity contribution is 5.87. The number of pyridine rings is 1. The van der Waals surface area contributed by atoms with Crippen LogP contribution in [0.3, 0.4) is 0 Å². The number of hydrogen-bond donors (Lipinski definition) is 0. The molecular weight excluding hydrogens is 369 g/mol. The molecule has 156 valence electrons. The van der Waals surface area contributed by atoms with Gasteiger partial charge in [0.25, 0.3) is 0 Å². The maximum atomic E-state index is 14.1. The van der Waals surface area contributed by atoms with Crippen molar-refractivity contribution in [1.29, 1.82) is 0 Å². The molecule has 0 fully saturated rings. The quantitative estimate of drug-likeness (QED) is 0.507. The first-order valence-corrected chi connectivity index (χ1v) is 11.3. The van der Waals surface area contributed by atoms with Crippen LogP contribution in [0.5, 0.6) is 0 Å². The number of nitrogens with zero attached hydrogens (tertiary/aromatic N) is 1. The minimum atomic E-state index is -0.149. The molecule has 2 aliphatic carbocycles. The van der Waals surface area contributed by atoms with Crippen LogP contribution in [-0.4, -0.2) is 4.98 Å². The number of aromatic nitrogens is 1. The van der Waals surface area contributed by atoms with Crippen LogP contribution in [0.25, 0.3) is 22.8 Å². The Morgan fingerprint density at radius 1 is 1.20 bits per heavy atom. The Kier molecular flexibility index (Phi) is 5.77. The van der Waals surface area contributed by atoms with Crippen LogP contribution >= 0.6 is 0 Å². The molecule has 0 amide bonds. The smallest absolute Gasteiger partial charge is 0.126 e. The third-order valence-electron chi connectivity index (χ3n) is 6.53. The number of fused-ring (bicyclic) bond motifs is 2. The molecule has 1 heterocycles. The summed E-state index contributed by atoms with van der Waals surface area (Å²) in [5.41, 5.74) is 10.7. The minimum Gasteiger partial charge on any atom is -0.252 e. The van der Waals surface area contributed by atoms with E-state index in [1.54, 1.807) is 11.6 Å². The fourth-order valence-electron chi connectivity index (χ4n) is 5.00. The molecule has 0 aliphatic heterocycles. The zero-order valence-electron chi connectivity index (χ0n) is 18.8. The lowest BCUT2D eigenvalue weighted by molar-refractivity contribution is 0.618. The summed E-state index contributed by atoms with van der Waals surface area (Å²) < 4.78 is 14.1. The van der Waals surface area contributed by atoms with Gasteiger partial charge >= 0.3 is 0 Å². The highest BCUT2D eigenvalue weighted by atomic mass is 19.1. The van der Waals surface area contributed by atoms with E-state index in [-0.39, 0.29) is 5.82 Å². The van der Waals surface area contributed by atoms with Crippen LogP contribution in [0, 0.1) is 18.7 Å². The van der Waals surface area contributed by atoms with Crippen molar-refractivity contribution in [2.45, 2.75) is 66.2 Å². The normalized spacial score (nSPS) is 18.7. The summed E-state index contributed by atoms with van der Waals surface area (Å²) in [6.07, 6.45) is 13.3. The van der Waals surface area contributed by atoms with Crippen molar-refractivity contribution in [3.63, 3.8) is 0 Å². The van der Waals surface area contributed by atoms with E-state index < -0.39 is 0 Å². The first kappa shape index (κ1) is 20.8. The van der Waals surface area contributed by atoms with Gasteiger partial charge in [-0.3, -0.25) is 4.98 Å². The first-order valence-electron chi connectivity index (χ1n) is 11.3. The molecule has 0 saturated heterocycles. The van der Waals surface area contributed by atoms with Gasteiger partial charge in [0.05, 0.1) is 11.4 Å². The number of benzene rings is 1. The third kappa shape index (κ3) is 3.57. The molecule has 1 aromatic heterocycles. The lowest BCUT2D eigenvalue weighted by Gasteiger charge is -2.24. The van der Waals surface area contributed by atoms with Crippen molar-refractivity contribution in [3.05, 3.63) is 75.9 Å². The zero-order chi connectivity index (χ0) is 21.4. The molecule has 2 aliphatic rings. The van der Waals surface area contributed by atoms with Crippen molar-refractivity contribution in [2.75, 3.05) is 0 Å². The average molecular weight is 402 g/mol. The van der Waals surface area contributed by atoms with Gasteiger partial charge in [-0.2, -0.15) is 0 Å². The molecule has 1 nitrogen and oxygen atoms in total. The molecule has 0 bridgehead atoms. The summed E-state index contributed by atoms with van der Waals surface area (Å²) in [6.45, 7) is 10.7. The third-order valence-corrected chi connectivity index (χ3v) is 6.53. The largest absolute Gasteiger partial charge is 0.252 e. The number of allylic oxidation sites excluding steroid dienone is 5. The van der Waals surface area contributed by atoms with E-state index in [9.17, 15) is 4.39 Å². The van der Waals surface area contributed by atoms with Gasteiger partial charge in [-0.25, -0.2) is 4.39 Å². The lowest BCUT2D eigenvalue weighted by atomic mass is 9.83. The van der Waals surface area contributed by atoms with Gasteiger partial charge < -0.3 is 0 Å². The Hall–Kier alpha value is -2.48. The molecular formula is C28H32FN. The first-order chi connectivity index (χ1) is 14.4. The van der Waals surface area contributed by atoms with E-state index in [0.29, 0.717) is 17.4 Å². The van der Waals surface area contributed by atoms with Crippen molar-refractivity contribution < 1.29 is 4.39 Å². The monoisotopic (exact) mass is 401 g/mol. The maximum Gasteiger partial charge on any atom is 0.126 e. The number of rotatable bonds is 3. The van der Waals surface area contributed by atoms with Gasteiger partial charge in [0, 0.05) is 5.56 Å². The van der Waals surface area contributed by atoms with Crippen LogP contribution in [0.4, 0.5) is 4.39 Å². The van der Waals surface area contributed by atoms with Gasteiger partial charge in [-0.05, 0) is 91.3 Å². The molecule has 0 N–H and O–H groups in total. The Labute approximate surface area is 180 Å². The van der Waals surface area contributed by atoms with Gasteiger partial charge in [-0.1, -0.05) is 56.7 Å². The Morgan fingerprint density at radius 3 is 2.70 bits per heavy atom. The predicted octanol–water partition coefficient (Wildman–Crippen LogP) is 8.04. The fraction of sp³-hybridized carbons (Fsp3) is 0.393. The average Bonchev–Trinajstić information content (AvgIpc) is 2.90. The summed E-state index contributed by atoms with van der Waals surface area (Å²) in [5.74, 6) is 0.732. The van der Waals surface area contributed by atoms with Crippen molar-refractivity contribution in [3.8, 4) is 11.1 Å². The van der Waals surface area contributed by atoms with Gasteiger partial charge in [-0.15, -0.1) is 0 Å². The van der Waals surface area contributed by atoms with Crippen molar-refractivity contribution >= 4 is 11.6 Å². The molecule has 2 heteroatoms. The Morgan fingerprint density at radius 2 is 2.00 bits per heavy atom. The second-order valence-electron chi connectivity index (χ2n) is 9.06. The van der Waals surface area contributed by atoms with E-state index in [1.165, 1.54) is 22.3 Å². The van der Waals surface area contributed by atoms with E-state index in [2.05, 4.69) is 52.0 Å². The molecule has 2 aromatic rings. The molecule has 1 atom stereocenters. The summed E-state index contributed by atoms with van der Waals surface area (Å²) in [7, 11) is 0. The number of aryl methyl sites for hydroxylation is 1. The molecule has 4 rings (SSSR count). The Bertz CT molecular complexity index is 1070. The maximum absolute atomic E-state index is 14.1. The van der Waals surface area contributed by atoms with Gasteiger partial charge in [0.2, 0.25) is 0 Å². The highest BCUT2D eigenvalue weighted by Gasteiger charge is 2.28. The van der Waals surface area contributed by atoms with E-state index in [1.807, 2.05) is 19.1 Å². The number of halogens is 1.